The van der Waals surface area contributed by atoms with Crippen molar-refractivity contribution in [2.45, 2.75) is 63.9 Å². The topological polar surface area (TPSA) is 69.9 Å². The summed E-state index contributed by atoms with van der Waals surface area (Å²) < 4.78 is 6.10. The van der Waals surface area contributed by atoms with Gasteiger partial charge in [0, 0.05) is 10.9 Å². The fourth-order valence-corrected chi connectivity index (χ4v) is 5.08. The molecule has 2 aliphatic rings. The third kappa shape index (κ3) is 3.85. The van der Waals surface area contributed by atoms with Crippen molar-refractivity contribution in [2.75, 3.05) is 6.61 Å². The molecule has 3 N–H and O–H groups in total. The van der Waals surface area contributed by atoms with Gasteiger partial charge in [-0.15, -0.1) is 0 Å². The summed E-state index contributed by atoms with van der Waals surface area (Å²) in [5.41, 5.74) is 7.60. The molecule has 0 spiro atoms. The van der Waals surface area contributed by atoms with Crippen LogP contribution in [0.5, 0.6) is 0 Å². The highest BCUT2D eigenvalue weighted by molar-refractivity contribution is 6.30. The zero-order valence-corrected chi connectivity index (χ0v) is 17.7. The van der Waals surface area contributed by atoms with Gasteiger partial charge in [-0.3, -0.25) is 0 Å². The van der Waals surface area contributed by atoms with Crippen LogP contribution in [0.1, 0.15) is 52.8 Å². The highest BCUT2D eigenvalue weighted by Crippen LogP contribution is 2.42. The summed E-state index contributed by atoms with van der Waals surface area (Å²) in [5, 5.41) is 31.1. The Hall–Kier alpha value is -1.43. The number of benzene rings is 2. The van der Waals surface area contributed by atoms with Crippen LogP contribution in [0.15, 0.2) is 30.3 Å². The van der Waals surface area contributed by atoms with Gasteiger partial charge in [-0.2, -0.15) is 0 Å². The monoisotopic (exact) mass is 416 g/mol. The number of aliphatic hydroxyl groups is 3. The molecule has 4 rings (SSSR count). The summed E-state index contributed by atoms with van der Waals surface area (Å²) in [6, 6.07) is 10.2. The van der Waals surface area contributed by atoms with Gasteiger partial charge in [0.15, 0.2) is 0 Å². The molecule has 1 aliphatic carbocycles. The Morgan fingerprint density at radius 3 is 2.45 bits per heavy atom. The van der Waals surface area contributed by atoms with Crippen molar-refractivity contribution in [3.05, 3.63) is 68.7 Å². The van der Waals surface area contributed by atoms with Crippen LogP contribution in [0.4, 0.5) is 0 Å². The molecule has 5 atom stereocenters. The van der Waals surface area contributed by atoms with E-state index in [1.165, 1.54) is 27.8 Å². The fraction of sp³-hybridized carbons (Fsp3) is 0.500. The lowest BCUT2D eigenvalue weighted by Crippen LogP contribution is -2.51. The average Bonchev–Trinajstić information content (AvgIpc) is 3.21. The van der Waals surface area contributed by atoms with Gasteiger partial charge in [0.25, 0.3) is 0 Å². The summed E-state index contributed by atoms with van der Waals surface area (Å²) >= 11 is 6.04. The molecule has 29 heavy (non-hydrogen) atoms. The first kappa shape index (κ1) is 20.8. The van der Waals surface area contributed by atoms with Crippen molar-refractivity contribution in [1.82, 2.24) is 0 Å². The maximum Gasteiger partial charge on any atom is 0.110 e. The molecule has 0 aromatic heterocycles. The van der Waals surface area contributed by atoms with Crippen LogP contribution in [0.25, 0.3) is 0 Å². The van der Waals surface area contributed by atoms with Crippen LogP contribution in [-0.2, 0) is 24.0 Å². The Morgan fingerprint density at radius 2 is 1.76 bits per heavy atom. The molecule has 0 amide bonds. The van der Waals surface area contributed by atoms with Crippen LogP contribution >= 0.6 is 11.6 Å². The lowest BCUT2D eigenvalue weighted by atomic mass is 9.81. The third-order valence-electron chi connectivity index (χ3n) is 6.68. The number of hydrogen-bond donors (Lipinski definition) is 3. The molecule has 4 nitrogen and oxygen atoms in total. The summed E-state index contributed by atoms with van der Waals surface area (Å²) in [6.07, 6.45) is 0.961. The van der Waals surface area contributed by atoms with Crippen LogP contribution in [-0.4, -0.2) is 40.2 Å². The van der Waals surface area contributed by atoms with E-state index in [0.29, 0.717) is 0 Å². The van der Waals surface area contributed by atoms with Crippen LogP contribution < -0.4 is 0 Å². The summed E-state index contributed by atoms with van der Waals surface area (Å²) in [6.45, 7) is 3.72. The Balaban J connectivity index is 1.75. The average molecular weight is 417 g/mol. The Bertz CT molecular complexity index is 877. The number of fused-ring (bicyclic) bond motifs is 1. The van der Waals surface area contributed by atoms with Gasteiger partial charge < -0.3 is 20.1 Å². The minimum atomic E-state index is -1.07. The molecule has 5 heteroatoms. The zero-order valence-electron chi connectivity index (χ0n) is 16.9. The lowest BCUT2D eigenvalue weighted by Gasteiger charge is -2.42. The van der Waals surface area contributed by atoms with Gasteiger partial charge in [0.2, 0.25) is 0 Å². The maximum atomic E-state index is 10.5. The van der Waals surface area contributed by atoms with Gasteiger partial charge in [0.05, 0.1) is 18.8 Å². The van der Waals surface area contributed by atoms with E-state index in [0.717, 1.165) is 36.3 Å². The molecule has 156 valence electrons. The molecular formula is C24H29ClO4. The quantitative estimate of drug-likeness (QED) is 0.713. The number of hydrogen-bond acceptors (Lipinski definition) is 4. The Morgan fingerprint density at radius 1 is 1.07 bits per heavy atom. The van der Waals surface area contributed by atoms with Gasteiger partial charge in [0.1, 0.15) is 12.2 Å². The van der Waals surface area contributed by atoms with E-state index in [1.807, 2.05) is 19.1 Å². The second-order valence-electron chi connectivity index (χ2n) is 8.48. The number of aliphatic hydroxyl groups excluding tert-OH is 3. The number of rotatable bonds is 4. The first-order chi connectivity index (χ1) is 13.9. The van der Waals surface area contributed by atoms with Gasteiger partial charge in [-0.05, 0) is 78.1 Å². The van der Waals surface area contributed by atoms with Crippen molar-refractivity contribution in [3.63, 3.8) is 0 Å². The first-order valence-corrected chi connectivity index (χ1v) is 10.8. The van der Waals surface area contributed by atoms with Gasteiger partial charge in [-0.25, -0.2) is 0 Å². The van der Waals surface area contributed by atoms with Crippen molar-refractivity contribution in [2.24, 2.45) is 5.92 Å². The molecule has 1 heterocycles. The smallest absolute Gasteiger partial charge is 0.110 e. The highest BCUT2D eigenvalue weighted by atomic mass is 35.5. The number of ether oxygens (including phenoxy) is 1. The normalized spacial score (nSPS) is 29.1. The van der Waals surface area contributed by atoms with E-state index >= 15 is 0 Å². The van der Waals surface area contributed by atoms with Crippen molar-refractivity contribution >= 4 is 11.6 Å². The van der Waals surface area contributed by atoms with Crippen LogP contribution in [0, 0.1) is 12.8 Å². The maximum absolute atomic E-state index is 10.5. The minimum Gasteiger partial charge on any atom is -0.394 e. The lowest BCUT2D eigenvalue weighted by molar-refractivity contribution is -0.207. The molecule has 2 aromatic rings. The second-order valence-corrected chi connectivity index (χ2v) is 8.92. The summed E-state index contributed by atoms with van der Waals surface area (Å²) in [5.74, 6) is -0.269. The standard InChI is InChI=1S/C24H29ClO4/c1-13-18-4-3-5-19(18)16(10-15-6-8-17(25)9-7-15)11-20(13)24-14(2)22(27)23(28)21(12-26)29-24/h6-9,11,14,21-24,26-28H,3-5,10,12H2,1-2H3/t14?,21-,22-,23?,24-/m1/s1. The predicted octanol–water partition coefficient (Wildman–Crippen LogP) is 3.52. The SMILES string of the molecule is Cc1c([C@@H]2O[C@H](CO)C(O)[C@H](O)C2C)cc(Cc2ccc(Cl)cc2)c2c1CCC2. The molecule has 0 bridgehead atoms. The van der Waals surface area contributed by atoms with E-state index in [4.69, 9.17) is 16.3 Å². The summed E-state index contributed by atoms with van der Waals surface area (Å²) in [7, 11) is 0. The molecule has 0 radical (unpaired) electrons. The Kier molecular flexibility index (Phi) is 6.01. The third-order valence-corrected chi connectivity index (χ3v) is 6.94. The predicted molar refractivity (Wildman–Crippen MR) is 113 cm³/mol. The molecule has 0 saturated carbocycles. The molecular weight excluding hydrogens is 388 g/mol. The second kappa shape index (κ2) is 8.37. The van der Waals surface area contributed by atoms with E-state index in [-0.39, 0.29) is 18.6 Å². The summed E-state index contributed by atoms with van der Waals surface area (Å²) in [4.78, 5) is 0. The van der Waals surface area contributed by atoms with Crippen molar-refractivity contribution in [3.8, 4) is 0 Å². The van der Waals surface area contributed by atoms with Crippen LogP contribution in [0.2, 0.25) is 5.02 Å². The van der Waals surface area contributed by atoms with E-state index in [1.54, 1.807) is 0 Å². The minimum absolute atomic E-state index is 0.269. The molecule has 1 saturated heterocycles. The van der Waals surface area contributed by atoms with Crippen molar-refractivity contribution < 1.29 is 20.1 Å². The Labute approximate surface area is 177 Å². The first-order valence-electron chi connectivity index (χ1n) is 10.4. The molecule has 1 aliphatic heterocycles. The zero-order chi connectivity index (χ0) is 20.7. The van der Waals surface area contributed by atoms with E-state index in [9.17, 15) is 15.3 Å². The molecule has 2 aromatic carbocycles. The van der Waals surface area contributed by atoms with Gasteiger partial charge in [-0.1, -0.05) is 36.7 Å². The van der Waals surface area contributed by atoms with Crippen molar-refractivity contribution in [1.29, 1.82) is 0 Å². The largest absolute Gasteiger partial charge is 0.394 e. The molecule has 2 unspecified atom stereocenters. The van der Waals surface area contributed by atoms with E-state index in [2.05, 4.69) is 25.1 Å². The van der Waals surface area contributed by atoms with E-state index < -0.39 is 18.3 Å². The van der Waals surface area contributed by atoms with Gasteiger partial charge >= 0.3 is 0 Å². The number of halogens is 1. The molecule has 1 fully saturated rings. The van der Waals surface area contributed by atoms with Crippen LogP contribution in [0.3, 0.4) is 0 Å². The highest BCUT2D eigenvalue weighted by Gasteiger charge is 2.43. The fourth-order valence-electron chi connectivity index (χ4n) is 4.95.